The summed E-state index contributed by atoms with van der Waals surface area (Å²) in [6.07, 6.45) is 0. The Morgan fingerprint density at radius 2 is 1.56 bits per heavy atom. The normalized spacial score (nSPS) is 10.5. The monoisotopic (exact) mass is 239 g/mol. The zero-order chi connectivity index (χ0) is 12.4. The van der Waals surface area contributed by atoms with Crippen LogP contribution in [0.2, 0.25) is 0 Å². The molecular weight excluding hydrogens is 227 g/mol. The summed E-state index contributed by atoms with van der Waals surface area (Å²) in [5, 5.41) is 6.21. The molecule has 3 rings (SSSR count). The van der Waals surface area contributed by atoms with Crippen LogP contribution in [-0.4, -0.2) is 5.10 Å². The summed E-state index contributed by atoms with van der Waals surface area (Å²) in [6, 6.07) is 18.5. The Balaban J connectivity index is 1.97. The lowest BCUT2D eigenvalue weighted by molar-refractivity contribution is -0.436. The number of rotatable bonds is 2. The number of nitrogens with one attached hydrogen (secondary N) is 2. The molecule has 0 spiro atoms. The number of aromatic amines is 2. The Kier molecular flexibility index (Phi) is 2.65. The second-order valence-electron chi connectivity index (χ2n) is 4.09. The molecule has 0 radical (unpaired) electrons. The molecule has 0 unspecified atom stereocenters. The zero-order valence-electron chi connectivity index (χ0n) is 9.65. The summed E-state index contributed by atoms with van der Waals surface area (Å²) in [5.74, 6) is -0.224. The van der Waals surface area contributed by atoms with E-state index in [1.807, 2.05) is 36.4 Å². The van der Waals surface area contributed by atoms with Crippen molar-refractivity contribution in [3.05, 3.63) is 66.5 Å². The average Bonchev–Trinajstić information content (AvgIpc) is 2.90. The van der Waals surface area contributed by atoms with Crippen LogP contribution in [-0.2, 0) is 0 Å². The molecule has 18 heavy (non-hydrogen) atoms. The minimum atomic E-state index is -0.224. The van der Waals surface area contributed by atoms with Crippen molar-refractivity contribution < 1.29 is 9.49 Å². The van der Waals surface area contributed by atoms with E-state index in [1.165, 1.54) is 12.1 Å². The van der Waals surface area contributed by atoms with Gasteiger partial charge in [0.25, 0.3) is 0 Å². The Morgan fingerprint density at radius 3 is 2.28 bits per heavy atom. The number of halogens is 1. The van der Waals surface area contributed by atoms with Gasteiger partial charge in [-0.15, -0.1) is 5.10 Å². The molecule has 0 bridgehead atoms. The molecule has 0 aliphatic carbocycles. The van der Waals surface area contributed by atoms with Gasteiger partial charge in [0.1, 0.15) is 11.5 Å². The maximum atomic E-state index is 12.9. The molecule has 3 aromatic rings. The maximum Gasteiger partial charge on any atom is 0.236 e. The van der Waals surface area contributed by atoms with Gasteiger partial charge >= 0.3 is 0 Å². The molecule has 0 aliphatic heterocycles. The van der Waals surface area contributed by atoms with E-state index in [0.29, 0.717) is 0 Å². The van der Waals surface area contributed by atoms with E-state index in [4.69, 9.17) is 0 Å². The zero-order valence-corrected chi connectivity index (χ0v) is 9.65. The summed E-state index contributed by atoms with van der Waals surface area (Å²) in [7, 11) is 0. The first kappa shape index (κ1) is 10.7. The molecule has 0 fully saturated rings. The van der Waals surface area contributed by atoms with Crippen LogP contribution in [0.1, 0.15) is 0 Å². The first-order chi connectivity index (χ1) is 8.83. The van der Waals surface area contributed by atoms with Gasteiger partial charge in [-0.1, -0.05) is 18.2 Å². The molecule has 88 valence electrons. The molecular formula is C15H12FN2+. The average molecular weight is 239 g/mol. The van der Waals surface area contributed by atoms with Crippen LogP contribution in [0.3, 0.4) is 0 Å². The first-order valence-corrected chi connectivity index (χ1v) is 5.75. The summed E-state index contributed by atoms with van der Waals surface area (Å²) in [4.78, 5) is 0. The standard InChI is InChI=1S/C15H11FN2/c16-13-8-6-12(7-9-13)15-10-14(17-18-15)11-4-2-1-3-5-11/h1-10H,(H,17,18)/p+1. The second-order valence-corrected chi connectivity index (χ2v) is 4.09. The SMILES string of the molecule is Fc1ccc(-c2cc(-c3ccccc3)[nH+][nH]2)cc1. The van der Waals surface area contributed by atoms with Crippen LogP contribution in [0.15, 0.2) is 60.7 Å². The Hall–Kier alpha value is -2.42. The smallest absolute Gasteiger partial charge is 0.207 e. The van der Waals surface area contributed by atoms with Crippen LogP contribution in [0.25, 0.3) is 22.5 Å². The largest absolute Gasteiger partial charge is 0.236 e. The van der Waals surface area contributed by atoms with Crippen molar-refractivity contribution in [3.63, 3.8) is 0 Å². The van der Waals surface area contributed by atoms with Gasteiger partial charge in [-0.05, 0) is 36.4 Å². The van der Waals surface area contributed by atoms with E-state index in [-0.39, 0.29) is 5.82 Å². The molecule has 0 saturated carbocycles. The number of hydrogen-bond donors (Lipinski definition) is 1. The van der Waals surface area contributed by atoms with Crippen LogP contribution in [0.5, 0.6) is 0 Å². The molecule has 2 nitrogen and oxygen atoms in total. The van der Waals surface area contributed by atoms with Crippen molar-refractivity contribution in [1.29, 1.82) is 0 Å². The fourth-order valence-corrected chi connectivity index (χ4v) is 1.91. The highest BCUT2D eigenvalue weighted by atomic mass is 19.1. The number of H-pyrrole nitrogens is 2. The quantitative estimate of drug-likeness (QED) is 0.711. The highest BCUT2D eigenvalue weighted by Crippen LogP contribution is 2.21. The molecule has 0 aliphatic rings. The van der Waals surface area contributed by atoms with Crippen LogP contribution in [0.4, 0.5) is 4.39 Å². The Labute approximate surface area is 104 Å². The fourth-order valence-electron chi connectivity index (χ4n) is 1.91. The van der Waals surface area contributed by atoms with Crippen LogP contribution < -0.4 is 5.10 Å². The predicted molar refractivity (Wildman–Crippen MR) is 68.2 cm³/mol. The third-order valence-corrected chi connectivity index (χ3v) is 2.86. The Morgan fingerprint density at radius 1 is 0.833 bits per heavy atom. The van der Waals surface area contributed by atoms with Crippen molar-refractivity contribution in [1.82, 2.24) is 5.10 Å². The van der Waals surface area contributed by atoms with Crippen molar-refractivity contribution in [2.45, 2.75) is 0 Å². The molecule has 2 aromatic carbocycles. The van der Waals surface area contributed by atoms with Gasteiger partial charge in [0.2, 0.25) is 5.69 Å². The molecule has 3 heteroatoms. The van der Waals surface area contributed by atoms with Gasteiger partial charge in [-0.3, -0.25) is 0 Å². The van der Waals surface area contributed by atoms with Gasteiger partial charge in [0, 0.05) is 17.2 Å². The molecule has 1 aromatic heterocycles. The molecule has 0 amide bonds. The van der Waals surface area contributed by atoms with Crippen LogP contribution in [0, 0.1) is 5.82 Å². The van der Waals surface area contributed by atoms with E-state index in [2.05, 4.69) is 10.2 Å². The summed E-state index contributed by atoms with van der Waals surface area (Å²) < 4.78 is 12.9. The van der Waals surface area contributed by atoms with E-state index < -0.39 is 0 Å². The minimum absolute atomic E-state index is 0.224. The summed E-state index contributed by atoms with van der Waals surface area (Å²) in [5.41, 5.74) is 4.01. The van der Waals surface area contributed by atoms with Gasteiger partial charge in [0.05, 0.1) is 0 Å². The van der Waals surface area contributed by atoms with E-state index in [9.17, 15) is 4.39 Å². The maximum absolute atomic E-state index is 12.9. The minimum Gasteiger partial charge on any atom is -0.207 e. The molecule has 0 saturated heterocycles. The van der Waals surface area contributed by atoms with E-state index in [1.54, 1.807) is 12.1 Å². The number of aromatic nitrogens is 2. The molecule has 2 N–H and O–H groups in total. The lowest BCUT2D eigenvalue weighted by Crippen LogP contribution is -2.04. The van der Waals surface area contributed by atoms with E-state index in [0.717, 1.165) is 22.5 Å². The summed E-state index contributed by atoms with van der Waals surface area (Å²) in [6.45, 7) is 0. The lowest BCUT2D eigenvalue weighted by Gasteiger charge is -1.93. The van der Waals surface area contributed by atoms with Crippen molar-refractivity contribution in [3.8, 4) is 22.5 Å². The lowest BCUT2D eigenvalue weighted by atomic mass is 10.1. The topological polar surface area (TPSA) is 29.9 Å². The Bertz CT molecular complexity index is 642. The third kappa shape index (κ3) is 2.02. The highest BCUT2D eigenvalue weighted by Gasteiger charge is 2.10. The predicted octanol–water partition coefficient (Wildman–Crippen LogP) is 3.30. The first-order valence-electron chi connectivity index (χ1n) is 5.75. The summed E-state index contributed by atoms with van der Waals surface area (Å²) >= 11 is 0. The van der Waals surface area contributed by atoms with Crippen molar-refractivity contribution in [2.24, 2.45) is 0 Å². The van der Waals surface area contributed by atoms with Gasteiger partial charge in [0.15, 0.2) is 0 Å². The van der Waals surface area contributed by atoms with Crippen molar-refractivity contribution >= 4 is 0 Å². The van der Waals surface area contributed by atoms with E-state index >= 15 is 0 Å². The van der Waals surface area contributed by atoms with Gasteiger partial charge in [-0.2, -0.15) is 5.10 Å². The van der Waals surface area contributed by atoms with Gasteiger partial charge in [-0.25, -0.2) is 4.39 Å². The number of benzene rings is 2. The highest BCUT2D eigenvalue weighted by molar-refractivity contribution is 5.65. The fraction of sp³-hybridized carbons (Fsp3) is 0. The second kappa shape index (κ2) is 4.45. The molecule has 0 atom stereocenters. The number of hydrogen-bond acceptors (Lipinski definition) is 0. The molecule has 1 heterocycles. The van der Waals surface area contributed by atoms with Crippen molar-refractivity contribution in [2.75, 3.05) is 0 Å². The van der Waals surface area contributed by atoms with Crippen LogP contribution >= 0.6 is 0 Å². The van der Waals surface area contributed by atoms with Gasteiger partial charge < -0.3 is 0 Å². The third-order valence-electron chi connectivity index (χ3n) is 2.86.